The number of carbonyl (C=O) groups is 2. The van der Waals surface area contributed by atoms with Crippen LogP contribution in [0.5, 0.6) is 11.5 Å². The molecular formula is C21H22ClN3O4. The zero-order valence-electron chi connectivity index (χ0n) is 16.3. The quantitative estimate of drug-likeness (QED) is 0.714. The fourth-order valence-corrected chi connectivity index (χ4v) is 4.54. The number of carbonyl (C=O) groups excluding carboxylic acids is 2. The molecule has 1 spiro atoms. The molecule has 2 aliphatic rings. The van der Waals surface area contributed by atoms with Crippen molar-refractivity contribution < 1.29 is 19.1 Å². The van der Waals surface area contributed by atoms with Gasteiger partial charge in [0.1, 0.15) is 17.0 Å². The first-order chi connectivity index (χ1) is 13.9. The van der Waals surface area contributed by atoms with Gasteiger partial charge in [-0.25, -0.2) is 0 Å². The second kappa shape index (κ2) is 7.24. The molecule has 152 valence electrons. The van der Waals surface area contributed by atoms with Crippen LogP contribution in [0.15, 0.2) is 36.4 Å². The van der Waals surface area contributed by atoms with Gasteiger partial charge in [-0.05, 0) is 31.5 Å². The van der Waals surface area contributed by atoms with Crippen molar-refractivity contribution in [1.82, 2.24) is 5.32 Å². The van der Waals surface area contributed by atoms with Crippen LogP contribution >= 0.6 is 11.6 Å². The summed E-state index contributed by atoms with van der Waals surface area (Å²) >= 11 is 6.29. The van der Waals surface area contributed by atoms with Gasteiger partial charge in [-0.1, -0.05) is 23.7 Å². The maximum Gasteiger partial charge on any atom is 0.250 e. The molecule has 1 saturated heterocycles. The fourth-order valence-electron chi connectivity index (χ4n) is 4.32. The second-order valence-corrected chi connectivity index (χ2v) is 7.72. The molecule has 2 heterocycles. The highest BCUT2D eigenvalue weighted by Gasteiger charge is 2.59. The Labute approximate surface area is 173 Å². The van der Waals surface area contributed by atoms with E-state index in [-0.39, 0.29) is 17.9 Å². The van der Waals surface area contributed by atoms with Gasteiger partial charge in [0.05, 0.1) is 36.5 Å². The molecule has 0 saturated carbocycles. The average molecular weight is 416 g/mol. The highest BCUT2D eigenvalue weighted by molar-refractivity contribution is 6.35. The van der Waals surface area contributed by atoms with E-state index in [1.54, 1.807) is 37.4 Å². The van der Waals surface area contributed by atoms with E-state index < -0.39 is 11.5 Å². The van der Waals surface area contributed by atoms with E-state index in [1.807, 2.05) is 13.0 Å². The predicted octanol–water partition coefficient (Wildman–Crippen LogP) is 3.14. The van der Waals surface area contributed by atoms with E-state index in [1.165, 1.54) is 7.11 Å². The second-order valence-electron chi connectivity index (χ2n) is 7.31. The third-order valence-electron chi connectivity index (χ3n) is 5.60. The van der Waals surface area contributed by atoms with Crippen molar-refractivity contribution in [1.29, 1.82) is 0 Å². The van der Waals surface area contributed by atoms with Gasteiger partial charge < -0.3 is 20.1 Å². The molecule has 2 aromatic rings. The third kappa shape index (κ3) is 3.01. The molecule has 29 heavy (non-hydrogen) atoms. The molecule has 0 bridgehead atoms. The van der Waals surface area contributed by atoms with E-state index in [2.05, 4.69) is 16.0 Å². The van der Waals surface area contributed by atoms with Crippen molar-refractivity contribution in [2.45, 2.75) is 24.9 Å². The molecule has 2 aromatic carbocycles. The number of methoxy groups -OCH3 is 2. The number of para-hydroxylation sites is 1. The summed E-state index contributed by atoms with van der Waals surface area (Å²) in [5.41, 5.74) is 0.557. The molecule has 2 amide bonds. The monoisotopic (exact) mass is 415 g/mol. The molecule has 7 nitrogen and oxygen atoms in total. The summed E-state index contributed by atoms with van der Waals surface area (Å²) in [4.78, 5) is 26.5. The van der Waals surface area contributed by atoms with Crippen LogP contribution in [0.1, 0.15) is 18.9 Å². The van der Waals surface area contributed by atoms with Gasteiger partial charge in [-0.3, -0.25) is 14.9 Å². The van der Waals surface area contributed by atoms with Crippen molar-refractivity contribution >= 4 is 34.8 Å². The summed E-state index contributed by atoms with van der Waals surface area (Å²) in [6.07, 6.45) is 0.498. The molecule has 8 heteroatoms. The van der Waals surface area contributed by atoms with E-state index >= 15 is 0 Å². The Balaban J connectivity index is 1.73. The van der Waals surface area contributed by atoms with Crippen molar-refractivity contribution in [2.24, 2.45) is 5.92 Å². The van der Waals surface area contributed by atoms with Crippen molar-refractivity contribution in [3.63, 3.8) is 0 Å². The number of rotatable bonds is 4. The number of hydrogen-bond acceptors (Lipinski definition) is 5. The molecular weight excluding hydrogens is 394 g/mol. The van der Waals surface area contributed by atoms with Crippen LogP contribution in [0.25, 0.3) is 0 Å². The molecule has 0 aliphatic carbocycles. The van der Waals surface area contributed by atoms with Crippen LogP contribution in [-0.2, 0) is 15.1 Å². The number of anilines is 2. The van der Waals surface area contributed by atoms with Gasteiger partial charge in [0.2, 0.25) is 11.8 Å². The van der Waals surface area contributed by atoms with Gasteiger partial charge in [0, 0.05) is 17.7 Å². The topological polar surface area (TPSA) is 88.7 Å². The Hall–Kier alpha value is -2.77. The smallest absolute Gasteiger partial charge is 0.250 e. The highest BCUT2D eigenvalue weighted by Crippen LogP contribution is 2.49. The van der Waals surface area contributed by atoms with E-state index in [0.717, 1.165) is 0 Å². The number of fused-ring (bicyclic) bond motifs is 2. The van der Waals surface area contributed by atoms with Gasteiger partial charge in [0.25, 0.3) is 0 Å². The van der Waals surface area contributed by atoms with E-state index in [4.69, 9.17) is 21.1 Å². The van der Waals surface area contributed by atoms with Crippen LogP contribution in [-0.4, -0.2) is 32.1 Å². The average Bonchev–Trinajstić information content (AvgIpc) is 3.21. The maximum atomic E-state index is 13.4. The fraction of sp³-hybridized carbons (Fsp3) is 0.333. The summed E-state index contributed by atoms with van der Waals surface area (Å²) in [7, 11) is 3.08. The highest BCUT2D eigenvalue weighted by atomic mass is 35.5. The largest absolute Gasteiger partial charge is 0.497 e. The van der Waals surface area contributed by atoms with Crippen LogP contribution < -0.4 is 25.4 Å². The number of ether oxygens (including phenoxy) is 2. The Kier molecular flexibility index (Phi) is 4.88. The summed E-state index contributed by atoms with van der Waals surface area (Å²) < 4.78 is 10.6. The molecule has 2 aliphatic heterocycles. The van der Waals surface area contributed by atoms with Gasteiger partial charge in [-0.2, -0.15) is 0 Å². The Morgan fingerprint density at radius 2 is 2.03 bits per heavy atom. The predicted molar refractivity (Wildman–Crippen MR) is 111 cm³/mol. The van der Waals surface area contributed by atoms with Gasteiger partial charge in [0.15, 0.2) is 0 Å². The molecule has 0 unspecified atom stereocenters. The zero-order valence-corrected chi connectivity index (χ0v) is 17.1. The number of hydrogen-bond donors (Lipinski definition) is 3. The lowest BCUT2D eigenvalue weighted by Crippen LogP contribution is -2.52. The van der Waals surface area contributed by atoms with Crippen molar-refractivity contribution in [2.75, 3.05) is 24.9 Å². The van der Waals surface area contributed by atoms with Gasteiger partial charge in [-0.15, -0.1) is 0 Å². The first kappa shape index (κ1) is 19.5. The van der Waals surface area contributed by atoms with E-state index in [0.29, 0.717) is 39.9 Å². The third-order valence-corrected chi connectivity index (χ3v) is 5.92. The first-order valence-electron chi connectivity index (χ1n) is 9.31. The molecule has 3 N–H and O–H groups in total. The Morgan fingerprint density at radius 3 is 2.76 bits per heavy atom. The lowest BCUT2D eigenvalue weighted by atomic mass is 9.79. The number of amides is 2. The molecule has 1 fully saturated rings. The van der Waals surface area contributed by atoms with Crippen LogP contribution in [0.2, 0.25) is 5.02 Å². The van der Waals surface area contributed by atoms with Crippen LogP contribution in [0.3, 0.4) is 0 Å². The summed E-state index contributed by atoms with van der Waals surface area (Å²) in [5, 5.41) is 9.56. The number of nitrogens with one attached hydrogen (secondary N) is 3. The van der Waals surface area contributed by atoms with Crippen LogP contribution in [0, 0.1) is 5.92 Å². The Bertz CT molecular complexity index is 996. The van der Waals surface area contributed by atoms with E-state index in [9.17, 15) is 9.59 Å². The van der Waals surface area contributed by atoms with Gasteiger partial charge >= 0.3 is 0 Å². The summed E-state index contributed by atoms with van der Waals surface area (Å²) in [6.45, 7) is 1.96. The lowest BCUT2D eigenvalue weighted by Gasteiger charge is -2.29. The molecule has 0 aromatic heterocycles. The molecule has 3 atom stereocenters. The summed E-state index contributed by atoms with van der Waals surface area (Å²) in [6, 6.07) is 10.5. The molecule has 4 rings (SSSR count). The normalized spacial score (nSPS) is 24.9. The minimum Gasteiger partial charge on any atom is -0.497 e. The minimum absolute atomic E-state index is 0.0337. The van der Waals surface area contributed by atoms with Crippen molar-refractivity contribution in [3.05, 3.63) is 47.0 Å². The lowest BCUT2D eigenvalue weighted by molar-refractivity contribution is -0.130. The maximum absolute atomic E-state index is 13.4. The number of halogens is 1. The zero-order chi connectivity index (χ0) is 20.8. The summed E-state index contributed by atoms with van der Waals surface area (Å²) in [5.74, 6) is -0.0943. The van der Waals surface area contributed by atoms with Crippen LogP contribution in [0.4, 0.5) is 11.4 Å². The SMILES string of the molecule is COc1ccc(OC)c(NC(=O)[C@@H]2C[C@@H](C)N[C@@]23C(=O)Nc2c(Cl)cccc23)c1. The first-order valence-corrected chi connectivity index (χ1v) is 9.69. The number of benzene rings is 2. The minimum atomic E-state index is -1.17. The standard InChI is InChI=1S/C21H22ClN3O4/c1-11-9-14(19(26)23-16-10-12(28-2)7-8-17(16)29-3)21(25-11)13-5-4-6-15(22)18(13)24-20(21)27/h4-8,10-11,14,25H,9H2,1-3H3,(H,23,26)(H,24,27)/t11-,14+,21-/m1/s1. The Morgan fingerprint density at radius 1 is 1.24 bits per heavy atom. The van der Waals surface area contributed by atoms with Crippen molar-refractivity contribution in [3.8, 4) is 11.5 Å². The molecule has 0 radical (unpaired) electrons.